The zero-order valence-electron chi connectivity index (χ0n) is 16.1. The first-order valence-electron chi connectivity index (χ1n) is 9.92. The molecule has 3 aromatic rings. The third kappa shape index (κ3) is 3.79. The summed E-state index contributed by atoms with van der Waals surface area (Å²) in [6.07, 6.45) is 3.55. The molecule has 1 aliphatic heterocycles. The topological polar surface area (TPSA) is 82.5 Å². The molecule has 8 heteroatoms. The van der Waals surface area contributed by atoms with Crippen LogP contribution >= 0.6 is 15.9 Å². The predicted octanol–water partition coefficient (Wildman–Crippen LogP) is 3.20. The predicted molar refractivity (Wildman–Crippen MR) is 115 cm³/mol. The van der Waals surface area contributed by atoms with Crippen molar-refractivity contribution in [1.82, 2.24) is 14.9 Å². The molecule has 1 unspecified atom stereocenters. The molecule has 30 heavy (non-hydrogen) atoms. The third-order valence-electron chi connectivity index (χ3n) is 5.44. The number of benzene rings is 2. The van der Waals surface area contributed by atoms with Crippen LogP contribution in [-0.4, -0.2) is 28.7 Å². The van der Waals surface area contributed by atoms with Crippen molar-refractivity contribution in [3.63, 3.8) is 0 Å². The van der Waals surface area contributed by atoms with Crippen molar-refractivity contribution < 1.29 is 14.3 Å². The molecule has 2 heterocycles. The zero-order chi connectivity index (χ0) is 20.7. The van der Waals surface area contributed by atoms with Crippen molar-refractivity contribution in [1.29, 1.82) is 0 Å². The van der Waals surface area contributed by atoms with Crippen LogP contribution in [0.2, 0.25) is 0 Å². The molecular formula is C22H20BrN3O4. The second-order valence-electron chi connectivity index (χ2n) is 7.62. The molecular weight excluding hydrogens is 450 g/mol. The van der Waals surface area contributed by atoms with Crippen LogP contribution in [0.3, 0.4) is 0 Å². The van der Waals surface area contributed by atoms with Gasteiger partial charge in [0, 0.05) is 4.47 Å². The monoisotopic (exact) mass is 469 g/mol. The largest absolute Gasteiger partial charge is 0.486 e. The SMILES string of the molecule is O=C(Cn1cnc2ccc(Br)cc2c1=O)NC(c1ccc2c(c1)OCCO2)C1CC1. The Kier molecular flexibility index (Phi) is 4.94. The van der Waals surface area contributed by atoms with E-state index in [2.05, 4.69) is 26.2 Å². The fraction of sp³-hybridized carbons (Fsp3) is 0.318. The van der Waals surface area contributed by atoms with Crippen molar-refractivity contribution >= 4 is 32.7 Å². The molecule has 7 nitrogen and oxygen atoms in total. The van der Waals surface area contributed by atoms with Gasteiger partial charge in [-0.05, 0) is 54.7 Å². The Hall–Kier alpha value is -2.87. The van der Waals surface area contributed by atoms with E-state index in [1.54, 1.807) is 12.1 Å². The van der Waals surface area contributed by atoms with Gasteiger partial charge in [-0.25, -0.2) is 4.98 Å². The third-order valence-corrected chi connectivity index (χ3v) is 5.93. The van der Waals surface area contributed by atoms with Gasteiger partial charge in [-0.1, -0.05) is 22.0 Å². The summed E-state index contributed by atoms with van der Waals surface area (Å²) in [5.41, 5.74) is 1.36. The summed E-state index contributed by atoms with van der Waals surface area (Å²) in [4.78, 5) is 29.9. The number of halogens is 1. The maximum absolute atomic E-state index is 12.8. The van der Waals surface area contributed by atoms with Crippen molar-refractivity contribution in [2.24, 2.45) is 5.92 Å². The highest BCUT2D eigenvalue weighted by atomic mass is 79.9. The number of ether oxygens (including phenoxy) is 2. The lowest BCUT2D eigenvalue weighted by atomic mass is 10.0. The minimum absolute atomic E-state index is 0.0813. The fourth-order valence-corrected chi connectivity index (χ4v) is 4.13. The first-order valence-corrected chi connectivity index (χ1v) is 10.7. The molecule has 5 rings (SSSR count). The average Bonchev–Trinajstić information content (AvgIpc) is 3.59. The Morgan fingerprint density at radius 3 is 2.77 bits per heavy atom. The molecule has 0 saturated heterocycles. The minimum Gasteiger partial charge on any atom is -0.486 e. The molecule has 2 aromatic carbocycles. The van der Waals surface area contributed by atoms with Gasteiger partial charge in [0.15, 0.2) is 11.5 Å². The van der Waals surface area contributed by atoms with Crippen LogP contribution in [0.25, 0.3) is 10.9 Å². The Morgan fingerprint density at radius 2 is 1.97 bits per heavy atom. The molecule has 154 valence electrons. The van der Waals surface area contributed by atoms with Crippen LogP contribution < -0.4 is 20.3 Å². The van der Waals surface area contributed by atoms with Crippen LogP contribution in [0.15, 0.2) is 52.0 Å². The molecule has 0 radical (unpaired) electrons. The molecule has 1 aromatic heterocycles. The number of aromatic nitrogens is 2. The van der Waals surface area contributed by atoms with E-state index in [0.717, 1.165) is 28.6 Å². The maximum atomic E-state index is 12.8. The van der Waals surface area contributed by atoms with E-state index in [1.807, 2.05) is 24.3 Å². The summed E-state index contributed by atoms with van der Waals surface area (Å²) in [7, 11) is 0. The highest BCUT2D eigenvalue weighted by Gasteiger charge is 2.34. The van der Waals surface area contributed by atoms with E-state index in [1.165, 1.54) is 10.9 Å². The van der Waals surface area contributed by atoms with E-state index in [9.17, 15) is 9.59 Å². The number of hydrogen-bond acceptors (Lipinski definition) is 5. The fourth-order valence-electron chi connectivity index (χ4n) is 3.77. The zero-order valence-corrected chi connectivity index (χ0v) is 17.7. The molecule has 0 bridgehead atoms. The molecule has 1 N–H and O–H groups in total. The van der Waals surface area contributed by atoms with Crippen molar-refractivity contribution in [3.05, 3.63) is 63.1 Å². The summed E-state index contributed by atoms with van der Waals surface area (Å²) in [6, 6.07) is 11.0. The van der Waals surface area contributed by atoms with Gasteiger partial charge in [0.1, 0.15) is 19.8 Å². The summed E-state index contributed by atoms with van der Waals surface area (Å²) >= 11 is 3.38. The van der Waals surface area contributed by atoms with Crippen molar-refractivity contribution in [2.45, 2.75) is 25.4 Å². The molecule has 1 fully saturated rings. The number of nitrogens with zero attached hydrogens (tertiary/aromatic N) is 2. The highest BCUT2D eigenvalue weighted by Crippen LogP contribution is 2.43. The molecule has 1 aliphatic carbocycles. The van der Waals surface area contributed by atoms with Crippen molar-refractivity contribution in [3.8, 4) is 11.5 Å². The van der Waals surface area contributed by atoms with E-state index in [-0.39, 0.29) is 24.1 Å². The summed E-state index contributed by atoms with van der Waals surface area (Å²) in [5, 5.41) is 3.58. The first-order chi connectivity index (χ1) is 14.6. The number of carbonyl (C=O) groups excluding carboxylic acids is 1. The summed E-state index contributed by atoms with van der Waals surface area (Å²) in [6.45, 7) is 0.979. The number of nitrogens with one attached hydrogen (secondary N) is 1. The number of hydrogen-bond donors (Lipinski definition) is 1. The minimum atomic E-state index is -0.237. The first kappa shape index (κ1) is 19.1. The van der Waals surface area contributed by atoms with E-state index in [4.69, 9.17) is 9.47 Å². The van der Waals surface area contributed by atoms with Crippen LogP contribution in [0.5, 0.6) is 11.5 Å². The van der Waals surface area contributed by atoms with E-state index >= 15 is 0 Å². The lowest BCUT2D eigenvalue weighted by Gasteiger charge is -2.23. The van der Waals surface area contributed by atoms with Gasteiger partial charge in [0.05, 0.1) is 23.3 Å². The van der Waals surface area contributed by atoms with Crippen LogP contribution in [-0.2, 0) is 11.3 Å². The van der Waals surface area contributed by atoms with Gasteiger partial charge < -0.3 is 14.8 Å². The second kappa shape index (κ2) is 7.75. The maximum Gasteiger partial charge on any atom is 0.261 e. The smallest absolute Gasteiger partial charge is 0.261 e. The number of fused-ring (bicyclic) bond motifs is 2. The highest BCUT2D eigenvalue weighted by molar-refractivity contribution is 9.10. The standard InChI is InChI=1S/C22H20BrN3O4/c23-15-4-5-17-16(10-15)22(28)26(12-24-17)11-20(27)25-21(13-1-2-13)14-3-6-18-19(9-14)30-8-7-29-18/h3-6,9-10,12-13,21H,1-2,7-8,11H2,(H,25,27). The normalized spacial score (nSPS) is 16.3. The number of amides is 1. The lowest BCUT2D eigenvalue weighted by molar-refractivity contribution is -0.122. The summed E-state index contributed by atoms with van der Waals surface area (Å²) < 4.78 is 13.4. The quantitative estimate of drug-likeness (QED) is 0.620. The van der Waals surface area contributed by atoms with E-state index in [0.29, 0.717) is 35.8 Å². The Bertz CT molecular complexity index is 1190. The number of rotatable bonds is 5. The van der Waals surface area contributed by atoms with Gasteiger partial charge >= 0.3 is 0 Å². The Labute approximate surface area is 181 Å². The lowest BCUT2D eigenvalue weighted by Crippen LogP contribution is -2.35. The van der Waals surface area contributed by atoms with Gasteiger partial charge in [-0.2, -0.15) is 0 Å². The average molecular weight is 470 g/mol. The van der Waals surface area contributed by atoms with Crippen LogP contribution in [0, 0.1) is 5.92 Å². The van der Waals surface area contributed by atoms with Crippen molar-refractivity contribution in [2.75, 3.05) is 13.2 Å². The molecule has 1 atom stereocenters. The van der Waals surface area contributed by atoms with Gasteiger partial charge in [0.2, 0.25) is 5.91 Å². The Balaban J connectivity index is 1.37. The molecule has 2 aliphatic rings. The molecule has 0 spiro atoms. The number of carbonyl (C=O) groups is 1. The van der Waals surface area contributed by atoms with Gasteiger partial charge in [-0.15, -0.1) is 0 Å². The van der Waals surface area contributed by atoms with E-state index < -0.39 is 0 Å². The van der Waals surface area contributed by atoms with Crippen LogP contribution in [0.1, 0.15) is 24.4 Å². The van der Waals surface area contributed by atoms with Gasteiger partial charge in [-0.3, -0.25) is 14.2 Å². The van der Waals surface area contributed by atoms with Gasteiger partial charge in [0.25, 0.3) is 5.56 Å². The molecule has 1 saturated carbocycles. The second-order valence-corrected chi connectivity index (χ2v) is 8.54. The summed E-state index contributed by atoms with van der Waals surface area (Å²) in [5.74, 6) is 1.60. The van der Waals surface area contributed by atoms with Crippen LogP contribution in [0.4, 0.5) is 0 Å². The molecule has 1 amide bonds. The Morgan fingerprint density at radius 1 is 1.17 bits per heavy atom.